The van der Waals surface area contributed by atoms with Crippen molar-refractivity contribution in [1.29, 1.82) is 0 Å². The monoisotopic (exact) mass is 286 g/mol. The topological polar surface area (TPSA) is 75.6 Å². The van der Waals surface area contributed by atoms with Crippen LogP contribution in [-0.2, 0) is 0 Å². The molecule has 6 heteroatoms. The van der Waals surface area contributed by atoms with Gasteiger partial charge in [0.1, 0.15) is 0 Å². The number of hydrogen-bond acceptors (Lipinski definition) is 6. The standard InChI is InChI=1S/C16H10N6/c1-2-6-10-9(5-1)17-13-14(18-10)22-16-15(21-13)19-11-7-3-4-8-12(11)20-16/h1-8H,(H,17,19,21)(H,18,20,22). The molecule has 0 aliphatic carbocycles. The molecule has 0 unspecified atom stereocenters. The smallest absolute Gasteiger partial charge is 0.175 e. The number of rotatable bonds is 0. The van der Waals surface area contributed by atoms with E-state index in [-0.39, 0.29) is 0 Å². The molecular formula is C16H10N6. The van der Waals surface area contributed by atoms with Crippen molar-refractivity contribution in [3.05, 3.63) is 48.5 Å². The predicted molar refractivity (Wildman–Crippen MR) is 85.6 cm³/mol. The molecule has 0 atom stereocenters. The lowest BCUT2D eigenvalue weighted by Gasteiger charge is -2.20. The Labute approximate surface area is 125 Å². The predicted octanol–water partition coefficient (Wildman–Crippen LogP) is 3.37. The molecule has 0 saturated carbocycles. The Hall–Kier alpha value is -3.28. The molecule has 1 aliphatic rings. The van der Waals surface area contributed by atoms with Gasteiger partial charge in [0.05, 0.1) is 22.1 Å². The third-order valence-corrected chi connectivity index (χ3v) is 3.61. The van der Waals surface area contributed by atoms with Gasteiger partial charge in [-0.15, -0.1) is 0 Å². The van der Waals surface area contributed by atoms with E-state index in [1.54, 1.807) is 0 Å². The number of anilines is 4. The number of fused-ring (bicyclic) bond motifs is 4. The molecule has 22 heavy (non-hydrogen) atoms. The Morgan fingerprint density at radius 3 is 1.00 bits per heavy atom. The van der Waals surface area contributed by atoms with Crippen LogP contribution in [0, 0.1) is 0 Å². The molecule has 0 radical (unpaired) electrons. The van der Waals surface area contributed by atoms with Crippen LogP contribution in [-0.4, -0.2) is 19.9 Å². The van der Waals surface area contributed by atoms with Crippen LogP contribution < -0.4 is 10.6 Å². The second-order valence-corrected chi connectivity index (χ2v) is 5.07. The fraction of sp³-hybridized carbons (Fsp3) is 0. The van der Waals surface area contributed by atoms with Crippen molar-refractivity contribution in [3.8, 4) is 0 Å². The summed E-state index contributed by atoms with van der Waals surface area (Å²) in [6, 6.07) is 15.5. The van der Waals surface area contributed by atoms with Crippen LogP contribution in [0.3, 0.4) is 0 Å². The van der Waals surface area contributed by atoms with E-state index < -0.39 is 0 Å². The number of hydrogen-bond donors (Lipinski definition) is 2. The first-order valence-electron chi connectivity index (χ1n) is 6.94. The van der Waals surface area contributed by atoms with Crippen LogP contribution >= 0.6 is 0 Å². The van der Waals surface area contributed by atoms with E-state index in [1.165, 1.54) is 0 Å². The minimum Gasteiger partial charge on any atom is -0.319 e. The summed E-state index contributed by atoms with van der Waals surface area (Å²) in [4.78, 5) is 18.4. The summed E-state index contributed by atoms with van der Waals surface area (Å²) >= 11 is 0. The third-order valence-electron chi connectivity index (χ3n) is 3.61. The van der Waals surface area contributed by atoms with E-state index in [0.717, 1.165) is 22.1 Å². The van der Waals surface area contributed by atoms with Gasteiger partial charge in [-0.1, -0.05) is 24.3 Å². The summed E-state index contributed by atoms with van der Waals surface area (Å²) < 4.78 is 0. The van der Waals surface area contributed by atoms with Crippen molar-refractivity contribution in [3.63, 3.8) is 0 Å². The van der Waals surface area contributed by atoms with Crippen LogP contribution in [0.25, 0.3) is 22.1 Å². The quantitative estimate of drug-likeness (QED) is 0.454. The van der Waals surface area contributed by atoms with Gasteiger partial charge in [-0.2, -0.15) is 0 Å². The molecule has 1 aliphatic heterocycles. The van der Waals surface area contributed by atoms with Gasteiger partial charge in [0.2, 0.25) is 0 Å². The van der Waals surface area contributed by atoms with E-state index in [1.807, 2.05) is 48.5 Å². The molecular weight excluding hydrogens is 276 g/mol. The Morgan fingerprint density at radius 1 is 0.455 bits per heavy atom. The highest BCUT2D eigenvalue weighted by Gasteiger charge is 2.20. The summed E-state index contributed by atoms with van der Waals surface area (Å²) in [6.45, 7) is 0. The van der Waals surface area contributed by atoms with E-state index >= 15 is 0 Å². The molecule has 2 aromatic carbocycles. The molecule has 0 bridgehead atoms. The van der Waals surface area contributed by atoms with Crippen LogP contribution in [0.5, 0.6) is 0 Å². The molecule has 2 N–H and O–H groups in total. The van der Waals surface area contributed by atoms with Gasteiger partial charge < -0.3 is 10.6 Å². The second kappa shape index (κ2) is 4.11. The van der Waals surface area contributed by atoms with Crippen molar-refractivity contribution in [1.82, 2.24) is 19.9 Å². The SMILES string of the molecule is c1ccc2nc3c(nc2c1)Nc1nc2ccccc2nc1N3. The van der Waals surface area contributed by atoms with E-state index in [0.29, 0.717) is 23.3 Å². The summed E-state index contributed by atoms with van der Waals surface area (Å²) in [5.41, 5.74) is 3.36. The van der Waals surface area contributed by atoms with Crippen molar-refractivity contribution >= 4 is 45.3 Å². The lowest BCUT2D eigenvalue weighted by Crippen LogP contribution is -2.12. The van der Waals surface area contributed by atoms with Crippen molar-refractivity contribution in [2.24, 2.45) is 0 Å². The van der Waals surface area contributed by atoms with Gasteiger partial charge in [-0.3, -0.25) is 0 Å². The van der Waals surface area contributed by atoms with Crippen LogP contribution in [0.4, 0.5) is 23.3 Å². The highest BCUT2D eigenvalue weighted by atomic mass is 15.2. The number of para-hydroxylation sites is 4. The number of benzene rings is 2. The average molecular weight is 286 g/mol. The lowest BCUT2D eigenvalue weighted by molar-refractivity contribution is 1.18. The molecule has 3 heterocycles. The Kier molecular flexibility index (Phi) is 2.13. The zero-order valence-corrected chi connectivity index (χ0v) is 11.4. The van der Waals surface area contributed by atoms with E-state index in [9.17, 15) is 0 Å². The fourth-order valence-electron chi connectivity index (χ4n) is 2.57. The largest absolute Gasteiger partial charge is 0.319 e. The van der Waals surface area contributed by atoms with Gasteiger partial charge in [0.25, 0.3) is 0 Å². The van der Waals surface area contributed by atoms with E-state index in [2.05, 4.69) is 30.6 Å². The maximum atomic E-state index is 4.59. The summed E-state index contributed by atoms with van der Waals surface area (Å²) in [7, 11) is 0. The number of nitrogens with one attached hydrogen (secondary N) is 2. The molecule has 4 aromatic rings. The van der Waals surface area contributed by atoms with Gasteiger partial charge in [0.15, 0.2) is 23.3 Å². The van der Waals surface area contributed by atoms with Gasteiger partial charge >= 0.3 is 0 Å². The van der Waals surface area contributed by atoms with Gasteiger partial charge in [-0.05, 0) is 24.3 Å². The number of nitrogens with zero attached hydrogens (tertiary/aromatic N) is 4. The highest BCUT2D eigenvalue weighted by Crippen LogP contribution is 2.35. The molecule has 104 valence electrons. The Balaban J connectivity index is 1.71. The molecule has 5 rings (SSSR count). The summed E-state index contributed by atoms with van der Waals surface area (Å²) in [5.74, 6) is 2.65. The molecule has 6 nitrogen and oxygen atoms in total. The number of aromatic nitrogens is 4. The maximum absolute atomic E-state index is 4.59. The van der Waals surface area contributed by atoms with Gasteiger partial charge in [0, 0.05) is 0 Å². The molecule has 0 spiro atoms. The first-order chi connectivity index (χ1) is 10.9. The lowest BCUT2D eigenvalue weighted by atomic mass is 10.3. The summed E-state index contributed by atoms with van der Waals surface area (Å²) in [5, 5.41) is 6.43. The maximum Gasteiger partial charge on any atom is 0.175 e. The average Bonchev–Trinajstić information content (AvgIpc) is 2.56. The highest BCUT2D eigenvalue weighted by molar-refractivity contribution is 5.91. The summed E-state index contributed by atoms with van der Waals surface area (Å²) in [6.07, 6.45) is 0. The zero-order chi connectivity index (χ0) is 14.5. The van der Waals surface area contributed by atoms with Gasteiger partial charge in [-0.25, -0.2) is 19.9 Å². The fourth-order valence-corrected chi connectivity index (χ4v) is 2.57. The molecule has 0 fully saturated rings. The molecule has 0 saturated heterocycles. The second-order valence-electron chi connectivity index (χ2n) is 5.07. The Morgan fingerprint density at radius 2 is 0.727 bits per heavy atom. The molecule has 0 amide bonds. The Bertz CT molecular complexity index is 877. The third kappa shape index (κ3) is 1.61. The van der Waals surface area contributed by atoms with E-state index in [4.69, 9.17) is 0 Å². The minimum absolute atomic E-state index is 0.663. The van der Waals surface area contributed by atoms with Crippen LogP contribution in [0.1, 0.15) is 0 Å². The zero-order valence-electron chi connectivity index (χ0n) is 11.4. The normalized spacial score (nSPS) is 12.4. The van der Waals surface area contributed by atoms with Crippen LogP contribution in [0.15, 0.2) is 48.5 Å². The first kappa shape index (κ1) is 11.4. The van der Waals surface area contributed by atoms with Crippen molar-refractivity contribution in [2.75, 3.05) is 10.6 Å². The van der Waals surface area contributed by atoms with Crippen molar-refractivity contribution in [2.45, 2.75) is 0 Å². The van der Waals surface area contributed by atoms with Crippen LogP contribution in [0.2, 0.25) is 0 Å². The first-order valence-corrected chi connectivity index (χ1v) is 6.94. The molecule has 2 aromatic heterocycles. The van der Waals surface area contributed by atoms with Crippen molar-refractivity contribution < 1.29 is 0 Å². The minimum atomic E-state index is 0.663.